The number of aryl methyl sites for hydroxylation is 1. The minimum atomic E-state index is 0.502. The van der Waals surface area contributed by atoms with Gasteiger partial charge in [0.15, 0.2) is 0 Å². The fourth-order valence-corrected chi connectivity index (χ4v) is 1.94. The van der Waals surface area contributed by atoms with Gasteiger partial charge in [-0.1, -0.05) is 13.8 Å². The number of nitrogens with zero attached hydrogens (tertiary/aromatic N) is 3. The summed E-state index contributed by atoms with van der Waals surface area (Å²) in [6.07, 6.45) is 4.11. The van der Waals surface area contributed by atoms with Gasteiger partial charge in [-0.15, -0.1) is 0 Å². The second-order valence-electron chi connectivity index (χ2n) is 4.67. The highest BCUT2D eigenvalue weighted by molar-refractivity contribution is 5.49. The van der Waals surface area contributed by atoms with Crippen LogP contribution in [0.5, 0.6) is 0 Å². The Bertz CT molecular complexity index is 365. The van der Waals surface area contributed by atoms with Crippen molar-refractivity contribution in [3.05, 3.63) is 11.8 Å². The Morgan fingerprint density at radius 3 is 2.61 bits per heavy atom. The maximum Gasteiger partial charge on any atom is 0.224 e. The number of hydrogen-bond donors (Lipinski definition) is 1. The minimum Gasteiger partial charge on any atom is -0.354 e. The first-order chi connectivity index (χ1) is 8.63. The van der Waals surface area contributed by atoms with Crippen molar-refractivity contribution in [2.45, 2.75) is 53.5 Å². The molecule has 0 bridgehead atoms. The Kier molecular flexibility index (Phi) is 5.89. The van der Waals surface area contributed by atoms with E-state index in [1.54, 1.807) is 0 Å². The molecule has 0 saturated carbocycles. The summed E-state index contributed by atoms with van der Waals surface area (Å²) in [6.45, 7) is 12.7. The molecule has 0 fully saturated rings. The molecule has 0 aliphatic rings. The molecule has 0 saturated heterocycles. The molecule has 0 aliphatic heterocycles. The van der Waals surface area contributed by atoms with Crippen molar-refractivity contribution in [1.82, 2.24) is 9.97 Å². The molecule has 1 aromatic heterocycles. The highest BCUT2D eigenvalue weighted by Crippen LogP contribution is 2.21. The number of aromatic nitrogens is 2. The van der Waals surface area contributed by atoms with E-state index in [0.717, 1.165) is 43.3 Å². The van der Waals surface area contributed by atoms with Gasteiger partial charge in [-0.3, -0.25) is 0 Å². The maximum atomic E-state index is 4.65. The predicted octanol–water partition coefficient (Wildman–Crippen LogP) is 3.23. The van der Waals surface area contributed by atoms with Gasteiger partial charge in [-0.05, 0) is 33.6 Å². The first-order valence-corrected chi connectivity index (χ1v) is 6.98. The molecule has 1 atom stereocenters. The summed E-state index contributed by atoms with van der Waals surface area (Å²) in [4.78, 5) is 11.3. The third kappa shape index (κ3) is 3.59. The van der Waals surface area contributed by atoms with Crippen LogP contribution in [0.4, 0.5) is 11.8 Å². The van der Waals surface area contributed by atoms with Gasteiger partial charge in [-0.25, -0.2) is 4.98 Å². The molecule has 0 amide bonds. The fraction of sp³-hybridized carbons (Fsp3) is 0.714. The van der Waals surface area contributed by atoms with E-state index in [2.05, 4.69) is 54.8 Å². The van der Waals surface area contributed by atoms with Crippen molar-refractivity contribution in [1.29, 1.82) is 0 Å². The van der Waals surface area contributed by atoms with E-state index in [0.29, 0.717) is 6.04 Å². The molecule has 4 heteroatoms. The van der Waals surface area contributed by atoms with Crippen LogP contribution >= 0.6 is 0 Å². The summed E-state index contributed by atoms with van der Waals surface area (Å²) >= 11 is 0. The molecule has 1 unspecified atom stereocenters. The van der Waals surface area contributed by atoms with Crippen molar-refractivity contribution in [2.24, 2.45) is 0 Å². The van der Waals surface area contributed by atoms with Crippen LogP contribution in [0.25, 0.3) is 0 Å². The van der Waals surface area contributed by atoms with Crippen molar-refractivity contribution < 1.29 is 0 Å². The number of nitrogens with one attached hydrogen (secondary N) is 1. The fourth-order valence-electron chi connectivity index (χ4n) is 1.94. The van der Waals surface area contributed by atoms with Gasteiger partial charge in [-0.2, -0.15) is 4.98 Å². The highest BCUT2D eigenvalue weighted by Gasteiger charge is 2.15. The molecule has 18 heavy (non-hydrogen) atoms. The Balaban J connectivity index is 2.97. The highest BCUT2D eigenvalue weighted by atomic mass is 15.2. The molecule has 0 radical (unpaired) electrons. The molecule has 0 aliphatic carbocycles. The van der Waals surface area contributed by atoms with Gasteiger partial charge in [0.1, 0.15) is 5.82 Å². The van der Waals surface area contributed by atoms with Crippen molar-refractivity contribution in [3.63, 3.8) is 0 Å². The van der Waals surface area contributed by atoms with Crippen LogP contribution in [0.3, 0.4) is 0 Å². The summed E-state index contributed by atoms with van der Waals surface area (Å²) in [5.41, 5.74) is 1.14. The number of hydrogen-bond acceptors (Lipinski definition) is 4. The zero-order valence-electron chi connectivity index (χ0n) is 12.3. The summed E-state index contributed by atoms with van der Waals surface area (Å²) in [5, 5.41) is 3.25. The van der Waals surface area contributed by atoms with Gasteiger partial charge < -0.3 is 10.2 Å². The lowest BCUT2D eigenvalue weighted by atomic mass is 10.2. The van der Waals surface area contributed by atoms with E-state index >= 15 is 0 Å². The van der Waals surface area contributed by atoms with Gasteiger partial charge in [0, 0.05) is 30.9 Å². The van der Waals surface area contributed by atoms with Crippen molar-refractivity contribution in [2.75, 3.05) is 23.3 Å². The second kappa shape index (κ2) is 7.19. The van der Waals surface area contributed by atoms with Crippen LogP contribution in [0.2, 0.25) is 0 Å². The molecule has 0 spiro atoms. The average Bonchev–Trinajstić information content (AvgIpc) is 2.39. The SMILES string of the molecule is CCCNc1ncc(C)c(N(CC)C(C)CC)n1. The molecule has 1 heterocycles. The Morgan fingerprint density at radius 1 is 1.33 bits per heavy atom. The molecule has 0 aromatic carbocycles. The van der Waals surface area contributed by atoms with Gasteiger partial charge in [0.2, 0.25) is 5.95 Å². The smallest absolute Gasteiger partial charge is 0.224 e. The number of anilines is 2. The van der Waals surface area contributed by atoms with Gasteiger partial charge >= 0.3 is 0 Å². The van der Waals surface area contributed by atoms with E-state index in [1.165, 1.54) is 0 Å². The van der Waals surface area contributed by atoms with Crippen LogP contribution < -0.4 is 10.2 Å². The third-order valence-corrected chi connectivity index (χ3v) is 3.21. The van der Waals surface area contributed by atoms with Crippen molar-refractivity contribution >= 4 is 11.8 Å². The minimum absolute atomic E-state index is 0.502. The van der Waals surface area contributed by atoms with E-state index in [9.17, 15) is 0 Å². The summed E-state index contributed by atoms with van der Waals surface area (Å²) in [5.74, 6) is 1.79. The van der Waals surface area contributed by atoms with Crippen LogP contribution in [0.15, 0.2) is 6.20 Å². The maximum absolute atomic E-state index is 4.65. The molecule has 1 N–H and O–H groups in total. The molecule has 102 valence electrons. The first-order valence-electron chi connectivity index (χ1n) is 6.98. The Hall–Kier alpha value is -1.32. The Labute approximate surface area is 111 Å². The van der Waals surface area contributed by atoms with E-state index < -0.39 is 0 Å². The molecular weight excluding hydrogens is 224 g/mol. The lowest BCUT2D eigenvalue weighted by molar-refractivity contribution is 0.621. The summed E-state index contributed by atoms with van der Waals surface area (Å²) in [6, 6.07) is 0.502. The topological polar surface area (TPSA) is 41.1 Å². The second-order valence-corrected chi connectivity index (χ2v) is 4.67. The van der Waals surface area contributed by atoms with Gasteiger partial charge in [0.05, 0.1) is 0 Å². The number of rotatable bonds is 7. The van der Waals surface area contributed by atoms with Crippen LogP contribution in [-0.2, 0) is 0 Å². The molecule has 1 aromatic rings. The van der Waals surface area contributed by atoms with E-state index in [-0.39, 0.29) is 0 Å². The van der Waals surface area contributed by atoms with Crippen LogP contribution in [-0.4, -0.2) is 29.1 Å². The van der Waals surface area contributed by atoms with Crippen LogP contribution in [0, 0.1) is 6.92 Å². The Morgan fingerprint density at radius 2 is 2.06 bits per heavy atom. The largest absolute Gasteiger partial charge is 0.354 e. The lowest BCUT2D eigenvalue weighted by Crippen LogP contribution is -2.33. The first kappa shape index (κ1) is 14.7. The zero-order valence-corrected chi connectivity index (χ0v) is 12.3. The summed E-state index contributed by atoms with van der Waals surface area (Å²) in [7, 11) is 0. The van der Waals surface area contributed by atoms with E-state index in [1.807, 2.05) is 6.20 Å². The van der Waals surface area contributed by atoms with Crippen molar-refractivity contribution in [3.8, 4) is 0 Å². The average molecular weight is 250 g/mol. The quantitative estimate of drug-likeness (QED) is 0.806. The molecule has 1 rings (SSSR count). The summed E-state index contributed by atoms with van der Waals surface area (Å²) < 4.78 is 0. The monoisotopic (exact) mass is 250 g/mol. The standard InChI is InChI=1S/C14H26N4/c1-6-9-15-14-16-10-11(4)13(17-14)18(8-3)12(5)7-2/h10,12H,6-9H2,1-5H3,(H,15,16,17). The molecule has 4 nitrogen and oxygen atoms in total. The lowest BCUT2D eigenvalue weighted by Gasteiger charge is -2.29. The zero-order chi connectivity index (χ0) is 13.5. The normalized spacial score (nSPS) is 12.3. The predicted molar refractivity (Wildman–Crippen MR) is 78.3 cm³/mol. The third-order valence-electron chi connectivity index (χ3n) is 3.21. The molecular formula is C14H26N4. The van der Waals surface area contributed by atoms with E-state index in [4.69, 9.17) is 0 Å². The van der Waals surface area contributed by atoms with Gasteiger partial charge in [0.25, 0.3) is 0 Å². The van der Waals surface area contributed by atoms with Crippen LogP contribution in [0.1, 0.15) is 46.1 Å².